The standard InChI is InChI=1S/C20H26O3/c1-11-8-15-14-5-4-12-9-13(21)6-7-19(12,2)17(14)16(22)10-20(15,3)18(11)23/h9,14-17,22H,1,4-8,10H2,2-3H3/t14-,15-,16+,17+,19-,20-/m0/s1. The number of Topliss-reactive ketones (excluding diaryl/α,β-unsaturated/α-hetero) is 1. The fourth-order valence-electron chi connectivity index (χ4n) is 6.43. The number of rotatable bonds is 0. The summed E-state index contributed by atoms with van der Waals surface area (Å²) in [6.45, 7) is 8.26. The summed E-state index contributed by atoms with van der Waals surface area (Å²) in [6.07, 6.45) is 6.07. The molecule has 124 valence electrons. The van der Waals surface area contributed by atoms with E-state index in [1.54, 1.807) is 0 Å². The molecule has 3 saturated carbocycles. The van der Waals surface area contributed by atoms with Crippen molar-refractivity contribution in [3.05, 3.63) is 23.8 Å². The van der Waals surface area contributed by atoms with Gasteiger partial charge in [0.25, 0.3) is 0 Å². The van der Waals surface area contributed by atoms with E-state index >= 15 is 0 Å². The smallest absolute Gasteiger partial charge is 0.164 e. The Morgan fingerprint density at radius 2 is 1.96 bits per heavy atom. The van der Waals surface area contributed by atoms with E-state index in [-0.39, 0.29) is 22.9 Å². The minimum absolute atomic E-state index is 0.0788. The van der Waals surface area contributed by atoms with Crippen LogP contribution < -0.4 is 0 Å². The van der Waals surface area contributed by atoms with E-state index in [9.17, 15) is 14.7 Å². The minimum atomic E-state index is -0.460. The second-order valence-electron chi connectivity index (χ2n) is 8.71. The molecule has 4 aliphatic rings. The normalized spacial score (nSPS) is 49.3. The van der Waals surface area contributed by atoms with Gasteiger partial charge in [0.15, 0.2) is 11.6 Å². The number of aliphatic hydroxyl groups excluding tert-OH is 1. The molecule has 0 aromatic heterocycles. The topological polar surface area (TPSA) is 54.4 Å². The van der Waals surface area contributed by atoms with Crippen LogP contribution in [0.4, 0.5) is 0 Å². The van der Waals surface area contributed by atoms with Crippen molar-refractivity contribution in [3.8, 4) is 0 Å². The van der Waals surface area contributed by atoms with Crippen molar-refractivity contribution in [2.75, 3.05) is 0 Å². The summed E-state index contributed by atoms with van der Waals surface area (Å²) < 4.78 is 0. The molecular weight excluding hydrogens is 288 g/mol. The molecule has 0 heterocycles. The molecule has 1 N–H and O–H groups in total. The summed E-state index contributed by atoms with van der Waals surface area (Å²) in [5, 5.41) is 11.0. The predicted molar refractivity (Wildman–Crippen MR) is 87.6 cm³/mol. The zero-order valence-electron chi connectivity index (χ0n) is 14.1. The van der Waals surface area contributed by atoms with Crippen LogP contribution in [0.3, 0.4) is 0 Å². The van der Waals surface area contributed by atoms with Crippen LogP contribution in [0.15, 0.2) is 23.8 Å². The van der Waals surface area contributed by atoms with E-state index in [1.165, 1.54) is 5.57 Å². The van der Waals surface area contributed by atoms with Gasteiger partial charge in [0.2, 0.25) is 0 Å². The zero-order valence-corrected chi connectivity index (χ0v) is 14.1. The molecule has 0 aromatic rings. The maximum atomic E-state index is 12.6. The SMILES string of the molecule is C=C1C[C@H]2[C@@H]3CCC4=CC(=O)CC[C@]4(C)[C@H]3[C@H](O)C[C@]2(C)C1=O. The Kier molecular flexibility index (Phi) is 3.10. The first-order valence-corrected chi connectivity index (χ1v) is 8.92. The van der Waals surface area contributed by atoms with Crippen molar-refractivity contribution >= 4 is 11.6 Å². The summed E-state index contributed by atoms with van der Waals surface area (Å²) in [6, 6.07) is 0. The lowest BCUT2D eigenvalue weighted by Crippen LogP contribution is -2.56. The van der Waals surface area contributed by atoms with Crippen molar-refractivity contribution in [2.24, 2.45) is 28.6 Å². The lowest BCUT2D eigenvalue weighted by molar-refractivity contribution is -0.146. The van der Waals surface area contributed by atoms with E-state index in [0.717, 1.165) is 31.3 Å². The summed E-state index contributed by atoms with van der Waals surface area (Å²) in [5.74, 6) is 1.25. The average molecular weight is 314 g/mol. The van der Waals surface area contributed by atoms with Gasteiger partial charge in [-0.2, -0.15) is 0 Å². The Hall–Kier alpha value is -1.22. The monoisotopic (exact) mass is 314 g/mol. The van der Waals surface area contributed by atoms with Crippen LogP contribution in [-0.4, -0.2) is 22.8 Å². The first-order valence-electron chi connectivity index (χ1n) is 8.92. The van der Waals surface area contributed by atoms with Crippen LogP contribution in [-0.2, 0) is 9.59 Å². The summed E-state index contributed by atoms with van der Waals surface area (Å²) in [7, 11) is 0. The largest absolute Gasteiger partial charge is 0.393 e. The van der Waals surface area contributed by atoms with Crippen LogP contribution in [0.25, 0.3) is 0 Å². The lowest BCUT2D eigenvalue weighted by Gasteiger charge is -2.58. The van der Waals surface area contributed by atoms with Crippen LogP contribution in [0, 0.1) is 28.6 Å². The van der Waals surface area contributed by atoms with Crippen molar-refractivity contribution in [1.29, 1.82) is 0 Å². The Morgan fingerprint density at radius 3 is 2.70 bits per heavy atom. The molecule has 3 fully saturated rings. The average Bonchev–Trinajstić information content (AvgIpc) is 2.71. The van der Waals surface area contributed by atoms with E-state index < -0.39 is 11.5 Å². The second-order valence-corrected chi connectivity index (χ2v) is 8.71. The predicted octanol–water partition coefficient (Wildman–Crippen LogP) is 3.22. The van der Waals surface area contributed by atoms with E-state index in [1.807, 2.05) is 13.0 Å². The fraction of sp³-hybridized carbons (Fsp3) is 0.700. The highest BCUT2D eigenvalue weighted by Gasteiger charge is 2.62. The number of aliphatic hydroxyl groups is 1. The highest BCUT2D eigenvalue weighted by Crippen LogP contribution is 2.64. The molecule has 0 bridgehead atoms. The van der Waals surface area contributed by atoms with E-state index in [4.69, 9.17) is 0 Å². The van der Waals surface area contributed by atoms with Gasteiger partial charge >= 0.3 is 0 Å². The maximum Gasteiger partial charge on any atom is 0.164 e. The quantitative estimate of drug-likeness (QED) is 0.698. The van der Waals surface area contributed by atoms with Gasteiger partial charge in [-0.25, -0.2) is 0 Å². The number of fused-ring (bicyclic) bond motifs is 5. The molecule has 4 aliphatic carbocycles. The third kappa shape index (κ3) is 1.86. The van der Waals surface area contributed by atoms with E-state index in [0.29, 0.717) is 24.7 Å². The molecule has 0 spiro atoms. The summed E-state index contributed by atoms with van der Waals surface area (Å²) in [5.41, 5.74) is 1.47. The number of hydrogen-bond donors (Lipinski definition) is 1. The van der Waals surface area contributed by atoms with Crippen LogP contribution >= 0.6 is 0 Å². The van der Waals surface area contributed by atoms with Crippen molar-refractivity contribution in [2.45, 2.75) is 58.5 Å². The first-order chi connectivity index (χ1) is 10.8. The van der Waals surface area contributed by atoms with Crippen LogP contribution in [0.2, 0.25) is 0 Å². The Labute approximate surface area is 137 Å². The van der Waals surface area contributed by atoms with E-state index in [2.05, 4.69) is 13.5 Å². The molecule has 6 atom stereocenters. The zero-order chi connectivity index (χ0) is 16.6. The van der Waals surface area contributed by atoms with Gasteiger partial charge < -0.3 is 5.11 Å². The number of carbonyl (C=O) groups excluding carboxylic acids is 2. The van der Waals surface area contributed by atoms with Crippen LogP contribution in [0.5, 0.6) is 0 Å². The van der Waals surface area contributed by atoms with Gasteiger partial charge in [-0.05, 0) is 66.9 Å². The number of allylic oxidation sites excluding steroid dienone is 2. The molecule has 0 unspecified atom stereocenters. The van der Waals surface area contributed by atoms with Crippen molar-refractivity contribution < 1.29 is 14.7 Å². The Bertz CT molecular complexity index is 645. The molecule has 3 heteroatoms. The Balaban J connectivity index is 1.77. The van der Waals surface area contributed by atoms with Gasteiger partial charge in [-0.1, -0.05) is 26.0 Å². The fourth-order valence-corrected chi connectivity index (χ4v) is 6.43. The van der Waals surface area contributed by atoms with Crippen molar-refractivity contribution in [3.63, 3.8) is 0 Å². The van der Waals surface area contributed by atoms with Crippen LogP contribution in [0.1, 0.15) is 52.4 Å². The molecule has 23 heavy (non-hydrogen) atoms. The molecule has 0 aromatic carbocycles. The lowest BCUT2D eigenvalue weighted by atomic mass is 9.46. The molecule has 0 amide bonds. The van der Waals surface area contributed by atoms with Gasteiger partial charge in [0, 0.05) is 11.8 Å². The summed E-state index contributed by atoms with van der Waals surface area (Å²) >= 11 is 0. The number of ketones is 2. The highest BCUT2D eigenvalue weighted by atomic mass is 16.3. The minimum Gasteiger partial charge on any atom is -0.393 e. The number of carbonyl (C=O) groups is 2. The molecular formula is C20H26O3. The molecule has 0 aliphatic heterocycles. The molecule has 4 rings (SSSR count). The van der Waals surface area contributed by atoms with Gasteiger partial charge in [0.1, 0.15) is 0 Å². The maximum absolute atomic E-state index is 12.6. The van der Waals surface area contributed by atoms with Gasteiger partial charge in [-0.15, -0.1) is 0 Å². The molecule has 0 radical (unpaired) electrons. The molecule has 3 nitrogen and oxygen atoms in total. The highest BCUT2D eigenvalue weighted by molar-refractivity contribution is 6.02. The van der Waals surface area contributed by atoms with Crippen molar-refractivity contribution in [1.82, 2.24) is 0 Å². The number of hydrogen-bond acceptors (Lipinski definition) is 3. The van der Waals surface area contributed by atoms with Gasteiger partial charge in [0.05, 0.1) is 6.10 Å². The third-order valence-electron chi connectivity index (χ3n) is 7.59. The third-order valence-corrected chi connectivity index (χ3v) is 7.59. The molecule has 0 saturated heterocycles. The second kappa shape index (κ2) is 4.66. The van der Waals surface area contributed by atoms with Gasteiger partial charge in [-0.3, -0.25) is 9.59 Å². The first kappa shape index (κ1) is 15.3. The Morgan fingerprint density at radius 1 is 1.22 bits per heavy atom. The summed E-state index contributed by atoms with van der Waals surface area (Å²) in [4.78, 5) is 24.4.